The number of aliphatic hydroxyl groups is 2. The maximum Gasteiger partial charge on any atom is 0.445 e. The van der Waals surface area contributed by atoms with E-state index in [1.54, 1.807) is 0 Å². The molecular weight excluding hydrogens is 328 g/mol. The predicted octanol–water partition coefficient (Wildman–Crippen LogP) is 2.85. The van der Waals surface area contributed by atoms with Gasteiger partial charge in [0, 0.05) is 12.5 Å². The maximum atomic E-state index is 10.8. The van der Waals surface area contributed by atoms with E-state index in [4.69, 9.17) is 20.4 Å². The van der Waals surface area contributed by atoms with Gasteiger partial charge in [0.1, 0.15) is 0 Å². The minimum atomic E-state index is -5.34. The quantitative estimate of drug-likeness (QED) is 0.304. The van der Waals surface area contributed by atoms with Crippen LogP contribution in [-0.2, 0) is 9.59 Å². The molecule has 0 atom stereocenters. The molecule has 0 aromatic heterocycles. The highest BCUT2D eigenvalue weighted by Crippen LogP contribution is 2.27. The van der Waals surface area contributed by atoms with Gasteiger partial charge in [-0.25, -0.2) is 4.79 Å². The molecule has 0 radical (unpaired) electrons. The highest BCUT2D eigenvalue weighted by atomic mass is 19.3. The number of unbranched alkanes of at least 4 members (excludes halogenated alkanes) is 4. The first kappa shape index (κ1) is 26.2. The van der Waals surface area contributed by atoms with Gasteiger partial charge in [-0.3, -0.25) is 4.79 Å². The lowest BCUT2D eigenvalue weighted by Crippen LogP contribution is -2.39. The Morgan fingerprint density at radius 2 is 1.30 bits per heavy atom. The fraction of sp³-hybridized carbons (Fsp3) is 0.692. The molecule has 0 saturated heterocycles. The molecule has 6 nitrogen and oxygen atoms in total. The van der Waals surface area contributed by atoms with Crippen molar-refractivity contribution in [2.45, 2.75) is 57.7 Å². The number of aliphatic carboxylic acids is 2. The fourth-order valence-electron chi connectivity index (χ4n) is 0.880. The average molecular weight is 350 g/mol. The average Bonchev–Trinajstić information content (AvgIpc) is 2.37. The number of hydrogen-bond acceptors (Lipinski definition) is 4. The van der Waals surface area contributed by atoms with Crippen molar-refractivity contribution in [2.24, 2.45) is 0 Å². The number of hydrogen-bond donors (Lipinski definition) is 4. The molecule has 0 spiro atoms. The van der Waals surface area contributed by atoms with Crippen molar-refractivity contribution in [1.29, 1.82) is 0 Å². The molecule has 0 aromatic carbocycles. The SMILES string of the molecule is C=CC(=O)O.CCCCCCCC(=O)O.OC(F)(F)C(O)(F)F. The number of alkyl halides is 4. The van der Waals surface area contributed by atoms with Crippen LogP contribution in [-0.4, -0.2) is 44.6 Å². The zero-order valence-corrected chi connectivity index (χ0v) is 12.6. The van der Waals surface area contributed by atoms with E-state index in [0.717, 1.165) is 18.9 Å². The number of rotatable bonds is 8. The monoisotopic (exact) mass is 350 g/mol. The second-order valence-corrected chi connectivity index (χ2v) is 4.18. The van der Waals surface area contributed by atoms with Crippen molar-refractivity contribution in [3.8, 4) is 0 Å². The summed E-state index contributed by atoms with van der Waals surface area (Å²) in [6.07, 6.45) is -3.96. The van der Waals surface area contributed by atoms with Gasteiger partial charge in [0.15, 0.2) is 0 Å². The summed E-state index contributed by atoms with van der Waals surface area (Å²) in [6, 6.07) is 0. The van der Waals surface area contributed by atoms with E-state index in [1.165, 1.54) is 19.3 Å². The largest absolute Gasteiger partial charge is 0.481 e. The highest BCUT2D eigenvalue weighted by molar-refractivity contribution is 5.78. The van der Waals surface area contributed by atoms with Crippen LogP contribution in [0.1, 0.15) is 45.4 Å². The Hall–Kier alpha value is -1.68. The third kappa shape index (κ3) is 25.6. The summed E-state index contributed by atoms with van der Waals surface area (Å²) < 4.78 is 43.1. The predicted molar refractivity (Wildman–Crippen MR) is 73.2 cm³/mol. The molecule has 0 amide bonds. The van der Waals surface area contributed by atoms with Crippen molar-refractivity contribution in [3.63, 3.8) is 0 Å². The summed E-state index contributed by atoms with van der Waals surface area (Å²) in [5, 5.41) is 29.9. The lowest BCUT2D eigenvalue weighted by atomic mass is 10.1. The Balaban J connectivity index is -0.000000276. The van der Waals surface area contributed by atoms with E-state index in [2.05, 4.69) is 13.5 Å². The van der Waals surface area contributed by atoms with Crippen LogP contribution in [0.4, 0.5) is 17.6 Å². The van der Waals surface area contributed by atoms with Gasteiger partial charge in [-0.2, -0.15) is 17.6 Å². The molecule has 138 valence electrons. The van der Waals surface area contributed by atoms with Gasteiger partial charge < -0.3 is 20.4 Å². The molecule has 0 aliphatic carbocycles. The molecule has 0 aromatic rings. The van der Waals surface area contributed by atoms with Crippen molar-refractivity contribution >= 4 is 11.9 Å². The summed E-state index contributed by atoms with van der Waals surface area (Å²) >= 11 is 0. The molecular formula is C13H22F4O6. The fourth-order valence-corrected chi connectivity index (χ4v) is 0.880. The van der Waals surface area contributed by atoms with Crippen LogP contribution in [0, 0.1) is 0 Å². The highest BCUT2D eigenvalue weighted by Gasteiger charge is 2.54. The molecule has 0 saturated carbocycles. The van der Waals surface area contributed by atoms with Crippen molar-refractivity contribution in [2.75, 3.05) is 0 Å². The van der Waals surface area contributed by atoms with Crippen molar-refractivity contribution < 1.29 is 47.6 Å². The normalized spacial score (nSPS) is 10.6. The third-order valence-corrected chi connectivity index (χ3v) is 2.03. The molecule has 10 heteroatoms. The molecule has 0 rings (SSSR count). The van der Waals surface area contributed by atoms with E-state index in [0.29, 0.717) is 6.42 Å². The van der Waals surface area contributed by atoms with Gasteiger partial charge >= 0.3 is 24.2 Å². The zero-order chi connectivity index (χ0) is 19.1. The van der Waals surface area contributed by atoms with Gasteiger partial charge in [-0.1, -0.05) is 39.2 Å². The molecule has 0 heterocycles. The van der Waals surface area contributed by atoms with Gasteiger partial charge in [0.25, 0.3) is 0 Å². The van der Waals surface area contributed by atoms with Crippen molar-refractivity contribution in [1.82, 2.24) is 0 Å². The lowest BCUT2D eigenvalue weighted by Gasteiger charge is -2.13. The van der Waals surface area contributed by atoms with Crippen LogP contribution in [0.15, 0.2) is 12.7 Å². The Bertz CT molecular complexity index is 324. The lowest BCUT2D eigenvalue weighted by molar-refractivity contribution is -0.404. The van der Waals surface area contributed by atoms with E-state index in [9.17, 15) is 27.2 Å². The Labute approximate surface area is 131 Å². The van der Waals surface area contributed by atoms with E-state index in [-0.39, 0.29) is 0 Å². The third-order valence-electron chi connectivity index (χ3n) is 2.03. The van der Waals surface area contributed by atoms with Gasteiger partial charge in [0.2, 0.25) is 0 Å². The van der Waals surface area contributed by atoms with Crippen LogP contribution in [0.3, 0.4) is 0 Å². The minimum absolute atomic E-state index is 0.337. The van der Waals surface area contributed by atoms with Crippen LogP contribution < -0.4 is 0 Å². The Morgan fingerprint density at radius 3 is 1.52 bits per heavy atom. The molecule has 0 fully saturated rings. The minimum Gasteiger partial charge on any atom is -0.481 e. The number of carboxylic acids is 2. The van der Waals surface area contributed by atoms with Crippen LogP contribution in [0.25, 0.3) is 0 Å². The molecule has 0 aliphatic rings. The summed E-state index contributed by atoms with van der Waals surface area (Å²) in [6.45, 7) is 5.11. The van der Waals surface area contributed by atoms with E-state index in [1.807, 2.05) is 0 Å². The van der Waals surface area contributed by atoms with Crippen molar-refractivity contribution in [3.05, 3.63) is 12.7 Å². The maximum absolute atomic E-state index is 10.8. The molecule has 0 aliphatic heterocycles. The standard InChI is InChI=1S/C8H16O2.C3H4O2.C2H2F4O2/c1-2-3-4-5-6-7-8(9)10;1-2-3(4)5;3-1(4,7)2(5,6)8/h2-7H2,1H3,(H,9,10);2H,1H2,(H,4,5);7-8H. The number of carbonyl (C=O) groups is 2. The number of halogens is 4. The first-order chi connectivity index (χ1) is 10.3. The second kappa shape index (κ2) is 13.9. The molecule has 0 unspecified atom stereocenters. The first-order valence-electron chi connectivity index (χ1n) is 6.57. The summed E-state index contributed by atoms with van der Waals surface area (Å²) in [7, 11) is 0. The van der Waals surface area contributed by atoms with Crippen LogP contribution in [0.5, 0.6) is 0 Å². The van der Waals surface area contributed by atoms with Gasteiger partial charge in [0.05, 0.1) is 0 Å². The zero-order valence-electron chi connectivity index (χ0n) is 12.6. The first-order valence-corrected chi connectivity index (χ1v) is 6.57. The van der Waals surface area contributed by atoms with Gasteiger partial charge in [-0.05, 0) is 6.42 Å². The van der Waals surface area contributed by atoms with E-state index < -0.39 is 24.2 Å². The summed E-state index contributed by atoms with van der Waals surface area (Å²) in [5.74, 6) is -1.65. The molecule has 23 heavy (non-hydrogen) atoms. The number of carboxylic acid groups (broad SMARTS) is 2. The molecule has 0 bridgehead atoms. The van der Waals surface area contributed by atoms with Crippen LogP contribution in [0.2, 0.25) is 0 Å². The summed E-state index contributed by atoms with van der Waals surface area (Å²) in [4.78, 5) is 19.3. The smallest absolute Gasteiger partial charge is 0.445 e. The Kier molecular flexibility index (Phi) is 15.9. The summed E-state index contributed by atoms with van der Waals surface area (Å²) in [5.41, 5.74) is 0. The van der Waals surface area contributed by atoms with Gasteiger partial charge in [-0.15, -0.1) is 0 Å². The topological polar surface area (TPSA) is 115 Å². The van der Waals surface area contributed by atoms with Crippen LogP contribution >= 0.6 is 0 Å². The van der Waals surface area contributed by atoms with E-state index >= 15 is 0 Å². The molecule has 4 N–H and O–H groups in total. The second-order valence-electron chi connectivity index (χ2n) is 4.18. The Morgan fingerprint density at radius 1 is 0.957 bits per heavy atom.